The van der Waals surface area contributed by atoms with Crippen LogP contribution in [0.5, 0.6) is 0 Å². The van der Waals surface area contributed by atoms with Gasteiger partial charge in [0.15, 0.2) is 0 Å². The number of benzene rings is 2. The Kier molecular flexibility index (Phi) is 21.8. The van der Waals surface area contributed by atoms with Gasteiger partial charge in [0.2, 0.25) is 35.4 Å². The summed E-state index contributed by atoms with van der Waals surface area (Å²) < 4.78 is 0. The molecule has 398 valence electrons. The first-order valence-electron chi connectivity index (χ1n) is 25.6. The van der Waals surface area contributed by atoms with Crippen molar-refractivity contribution in [2.75, 3.05) is 80.5 Å². The molecule has 2 aliphatic rings. The molecular weight excluding hydrogens is 917 g/mol. The Hall–Kier alpha value is -5.88. The number of hydrogen-bond acceptors (Lipinski definition) is 10. The van der Waals surface area contributed by atoms with Crippen molar-refractivity contribution in [2.45, 2.75) is 130 Å². The molecule has 18 nitrogen and oxygen atoms in total. The Bertz CT molecular complexity index is 2010. The number of carbonyl (C=O) groups excluding carboxylic acids is 8. The third-order valence-electron chi connectivity index (χ3n) is 14.0. The first-order valence-corrected chi connectivity index (χ1v) is 25.6. The fourth-order valence-electron chi connectivity index (χ4n) is 9.09. The lowest BCUT2D eigenvalue weighted by molar-refractivity contribution is -0.153. The van der Waals surface area contributed by atoms with Crippen molar-refractivity contribution in [3.63, 3.8) is 0 Å². The average Bonchev–Trinajstić information content (AvgIpc) is 4.03. The van der Waals surface area contributed by atoms with E-state index in [2.05, 4.69) is 21.3 Å². The molecule has 2 aromatic carbocycles. The van der Waals surface area contributed by atoms with E-state index in [9.17, 15) is 38.4 Å². The fraction of sp³-hybridized carbons (Fsp3) is 0.630. The van der Waals surface area contributed by atoms with E-state index in [1.54, 1.807) is 47.5 Å². The number of hydrogen-bond donors (Lipinski definition) is 4. The van der Waals surface area contributed by atoms with Gasteiger partial charge in [-0.15, -0.1) is 0 Å². The number of carbonyl (C=O) groups is 8. The van der Waals surface area contributed by atoms with Crippen molar-refractivity contribution in [1.82, 2.24) is 50.7 Å². The summed E-state index contributed by atoms with van der Waals surface area (Å²) in [5.41, 5.74) is 0.780. The zero-order valence-corrected chi connectivity index (χ0v) is 45.1. The predicted molar refractivity (Wildman–Crippen MR) is 278 cm³/mol. The minimum absolute atomic E-state index is 0.184. The van der Waals surface area contributed by atoms with Crippen molar-refractivity contribution in [2.24, 2.45) is 10.8 Å². The predicted octanol–water partition coefficient (Wildman–Crippen LogP) is 2.31. The van der Waals surface area contributed by atoms with Gasteiger partial charge in [0.25, 0.3) is 0 Å². The van der Waals surface area contributed by atoms with E-state index in [1.807, 2.05) is 102 Å². The first kappa shape index (κ1) is 58.7. The largest absolute Gasteiger partial charge is 0.342 e. The highest BCUT2D eigenvalue weighted by Crippen LogP contribution is 2.28. The lowest BCUT2D eigenvalue weighted by Crippen LogP contribution is -2.59. The second-order valence-electron chi connectivity index (χ2n) is 21.8. The quantitative estimate of drug-likeness (QED) is 0.127. The SMILES string of the molecule is CN[C@@H](C)C(=O)N[C@H](C(=O)N1CCC[C@@H]1CN(CCc1ccccc1)C(=O)CN(C)C(=O)C(=O)N(C)CC(=O)N(CCc1ccccc1)C[C@@H]1CCCN1C(=O)[C@@H](NC(=O)[C@H](C)NC)C(C)(C)C)C(C)(C)C. The molecule has 2 aliphatic heterocycles. The minimum atomic E-state index is -0.967. The summed E-state index contributed by atoms with van der Waals surface area (Å²) in [6.45, 7) is 15.9. The Morgan fingerprint density at radius 1 is 0.569 bits per heavy atom. The maximum absolute atomic E-state index is 14.3. The molecule has 2 saturated heterocycles. The molecule has 0 aliphatic carbocycles. The van der Waals surface area contributed by atoms with Gasteiger partial charge in [-0.25, -0.2) is 0 Å². The van der Waals surface area contributed by atoms with Crippen LogP contribution in [0, 0.1) is 10.8 Å². The van der Waals surface area contributed by atoms with Crippen LogP contribution in [0.4, 0.5) is 0 Å². The Morgan fingerprint density at radius 3 is 1.21 bits per heavy atom. The molecule has 2 fully saturated rings. The number of amides is 8. The van der Waals surface area contributed by atoms with Crippen LogP contribution in [-0.4, -0.2) is 193 Å². The molecular formula is C54H84N10O8. The van der Waals surface area contributed by atoms with Gasteiger partial charge in [0, 0.05) is 65.4 Å². The summed E-state index contributed by atoms with van der Waals surface area (Å²) >= 11 is 0. The summed E-state index contributed by atoms with van der Waals surface area (Å²) in [5, 5.41) is 11.7. The third-order valence-corrected chi connectivity index (χ3v) is 14.0. The second-order valence-corrected chi connectivity index (χ2v) is 21.8. The number of likely N-dealkylation sites (N-methyl/N-ethyl adjacent to an activating group) is 4. The van der Waals surface area contributed by atoms with Gasteiger partial charge < -0.3 is 50.7 Å². The number of rotatable bonds is 22. The zero-order chi connectivity index (χ0) is 53.5. The van der Waals surface area contributed by atoms with E-state index < -0.39 is 71.7 Å². The van der Waals surface area contributed by atoms with Crippen molar-refractivity contribution < 1.29 is 38.4 Å². The summed E-state index contributed by atoms with van der Waals surface area (Å²) in [4.78, 5) is 120. The minimum Gasteiger partial charge on any atom is -0.342 e. The van der Waals surface area contributed by atoms with E-state index in [4.69, 9.17) is 0 Å². The summed E-state index contributed by atoms with van der Waals surface area (Å²) in [6, 6.07) is 16.0. The highest BCUT2D eigenvalue weighted by molar-refractivity contribution is 6.35. The highest BCUT2D eigenvalue weighted by atomic mass is 16.2. The lowest BCUT2D eigenvalue weighted by Gasteiger charge is -2.38. The van der Waals surface area contributed by atoms with Crippen LogP contribution in [0.25, 0.3) is 0 Å². The Balaban J connectivity index is 1.49. The summed E-state index contributed by atoms with van der Waals surface area (Å²) in [5.74, 6) is -3.80. The molecule has 6 atom stereocenters. The van der Waals surface area contributed by atoms with Crippen LogP contribution >= 0.6 is 0 Å². The van der Waals surface area contributed by atoms with Crippen LogP contribution in [0.3, 0.4) is 0 Å². The number of likely N-dealkylation sites (tertiary alicyclic amines) is 2. The summed E-state index contributed by atoms with van der Waals surface area (Å²) in [7, 11) is 6.11. The fourth-order valence-corrected chi connectivity index (χ4v) is 9.09. The van der Waals surface area contributed by atoms with E-state index >= 15 is 0 Å². The van der Waals surface area contributed by atoms with Crippen molar-refractivity contribution in [3.05, 3.63) is 71.8 Å². The normalized spacial score (nSPS) is 17.6. The molecule has 0 saturated carbocycles. The van der Waals surface area contributed by atoms with Crippen LogP contribution in [0.2, 0.25) is 0 Å². The van der Waals surface area contributed by atoms with Gasteiger partial charge >= 0.3 is 11.8 Å². The molecule has 0 spiro atoms. The molecule has 72 heavy (non-hydrogen) atoms. The van der Waals surface area contributed by atoms with Gasteiger partial charge in [0.05, 0.1) is 25.2 Å². The molecule has 0 bridgehead atoms. The molecule has 2 heterocycles. The van der Waals surface area contributed by atoms with Crippen molar-refractivity contribution in [1.29, 1.82) is 0 Å². The standard InChI is InChI=1S/C54H84N10O8/c1-37(55-9)47(67)57-45(53(3,4)5)49(69)63-29-19-25-41(63)33-61(31-27-39-21-15-13-16-22-39)43(65)35-59(11)51(71)52(72)60(12)36-44(66)62(32-28-40-23-17-14-18-24-40)34-42-26-20-30-64(42)50(70)46(54(6,7)8)58-48(68)38(2)56-10/h13-18,21-24,37-38,41-42,45-46,55-56H,19-20,25-36H2,1-12H3,(H,57,67)(H,58,68)/t37-,38-,41-,42+,45+,46+/m0/s1. The maximum atomic E-state index is 14.3. The van der Waals surface area contributed by atoms with Crippen LogP contribution in [0.15, 0.2) is 60.7 Å². The van der Waals surface area contributed by atoms with Gasteiger partial charge in [-0.05, 0) is 88.4 Å². The Labute approximate surface area is 428 Å². The molecule has 4 N–H and O–H groups in total. The van der Waals surface area contributed by atoms with E-state index in [1.165, 1.54) is 14.1 Å². The van der Waals surface area contributed by atoms with E-state index in [-0.39, 0.29) is 61.9 Å². The topological polar surface area (TPSA) is 204 Å². The van der Waals surface area contributed by atoms with Crippen molar-refractivity contribution >= 4 is 47.3 Å². The van der Waals surface area contributed by atoms with Crippen LogP contribution < -0.4 is 21.3 Å². The Morgan fingerprint density at radius 2 is 0.903 bits per heavy atom. The molecule has 0 aromatic heterocycles. The third kappa shape index (κ3) is 16.6. The first-order chi connectivity index (χ1) is 33.9. The number of nitrogens with one attached hydrogen (secondary N) is 4. The molecule has 8 amide bonds. The average molecular weight is 1000 g/mol. The molecule has 0 unspecified atom stereocenters. The molecule has 2 aromatic rings. The summed E-state index contributed by atoms with van der Waals surface area (Å²) in [6.07, 6.45) is 3.70. The zero-order valence-electron chi connectivity index (χ0n) is 45.1. The lowest BCUT2D eigenvalue weighted by atomic mass is 9.85. The number of nitrogens with zero attached hydrogens (tertiary/aromatic N) is 6. The van der Waals surface area contributed by atoms with Crippen LogP contribution in [-0.2, 0) is 51.2 Å². The van der Waals surface area contributed by atoms with Crippen LogP contribution in [0.1, 0.15) is 92.2 Å². The van der Waals surface area contributed by atoms with Gasteiger partial charge in [-0.2, -0.15) is 0 Å². The van der Waals surface area contributed by atoms with E-state index in [0.717, 1.165) is 20.9 Å². The van der Waals surface area contributed by atoms with E-state index in [0.29, 0.717) is 51.6 Å². The second kappa shape index (κ2) is 26.7. The van der Waals surface area contributed by atoms with Gasteiger partial charge in [-0.3, -0.25) is 38.4 Å². The maximum Gasteiger partial charge on any atom is 0.312 e. The highest BCUT2D eigenvalue weighted by Gasteiger charge is 2.43. The van der Waals surface area contributed by atoms with Crippen molar-refractivity contribution in [3.8, 4) is 0 Å². The smallest absolute Gasteiger partial charge is 0.312 e. The van der Waals surface area contributed by atoms with Gasteiger partial charge in [-0.1, -0.05) is 102 Å². The molecule has 18 heteroatoms. The van der Waals surface area contributed by atoms with Gasteiger partial charge in [0.1, 0.15) is 12.1 Å². The molecule has 4 rings (SSSR count). The monoisotopic (exact) mass is 1000 g/mol. The molecule has 0 radical (unpaired) electrons.